The van der Waals surface area contributed by atoms with E-state index in [4.69, 9.17) is 11.6 Å². The molecule has 0 spiro atoms. The number of rotatable bonds is 2. The van der Waals surface area contributed by atoms with Crippen molar-refractivity contribution in [3.05, 3.63) is 34.5 Å². The quantitative estimate of drug-likeness (QED) is 0.831. The van der Waals surface area contributed by atoms with Crippen molar-refractivity contribution in [2.75, 3.05) is 6.54 Å². The fraction of sp³-hybridized carbons (Fsp3) is 0.429. The molecule has 17 heavy (non-hydrogen) atoms. The van der Waals surface area contributed by atoms with E-state index < -0.39 is 0 Å². The second-order valence-electron chi connectivity index (χ2n) is 4.71. The Balaban J connectivity index is 2.18. The molecule has 1 aliphatic carbocycles. The molecular weight excluding hydrogens is 232 g/mol. The van der Waals surface area contributed by atoms with Crippen LogP contribution >= 0.6 is 11.6 Å². The van der Waals surface area contributed by atoms with Crippen LogP contribution in [0.25, 0.3) is 10.9 Å². The molecule has 0 radical (unpaired) electrons. The summed E-state index contributed by atoms with van der Waals surface area (Å²) in [5, 5.41) is 5.68. The lowest BCUT2D eigenvalue weighted by atomic mass is 9.91. The van der Waals surface area contributed by atoms with Gasteiger partial charge in [-0.25, -0.2) is 0 Å². The summed E-state index contributed by atoms with van der Waals surface area (Å²) in [7, 11) is 0. The minimum Gasteiger partial charge on any atom is -0.358 e. The van der Waals surface area contributed by atoms with E-state index in [-0.39, 0.29) is 0 Å². The smallest absolute Gasteiger partial charge is 0.0460 e. The zero-order chi connectivity index (χ0) is 11.8. The first-order valence-corrected chi connectivity index (χ1v) is 6.70. The molecular formula is C14H17ClN2. The topological polar surface area (TPSA) is 27.8 Å². The van der Waals surface area contributed by atoms with Crippen LogP contribution in [0.5, 0.6) is 0 Å². The first-order chi connectivity index (χ1) is 8.29. The van der Waals surface area contributed by atoms with Crippen LogP contribution in [-0.2, 0) is 6.42 Å². The minimum atomic E-state index is 0.482. The predicted octanol–water partition coefficient (Wildman–Crippen LogP) is 3.81. The molecule has 1 unspecified atom stereocenters. The van der Waals surface area contributed by atoms with Crippen molar-refractivity contribution in [2.45, 2.75) is 32.2 Å². The van der Waals surface area contributed by atoms with Gasteiger partial charge >= 0.3 is 0 Å². The van der Waals surface area contributed by atoms with E-state index in [9.17, 15) is 0 Å². The van der Waals surface area contributed by atoms with E-state index >= 15 is 0 Å². The van der Waals surface area contributed by atoms with Gasteiger partial charge < -0.3 is 10.3 Å². The highest BCUT2D eigenvalue weighted by Crippen LogP contribution is 2.36. The van der Waals surface area contributed by atoms with E-state index in [1.165, 1.54) is 35.0 Å². The monoisotopic (exact) mass is 248 g/mol. The number of aromatic amines is 1. The zero-order valence-electron chi connectivity index (χ0n) is 10.0. The molecule has 1 atom stereocenters. The lowest BCUT2D eigenvalue weighted by molar-refractivity contribution is 0.473. The van der Waals surface area contributed by atoms with Crippen LogP contribution in [0.15, 0.2) is 18.2 Å². The number of halogens is 1. The number of nitrogens with one attached hydrogen (secondary N) is 2. The highest BCUT2D eigenvalue weighted by atomic mass is 35.5. The SMILES string of the molecule is CCNC1CCCc2[nH]c3ccc(Cl)cc3c21. The molecule has 3 heteroatoms. The summed E-state index contributed by atoms with van der Waals surface area (Å²) in [5.41, 5.74) is 4.04. The van der Waals surface area contributed by atoms with Crippen molar-refractivity contribution in [2.24, 2.45) is 0 Å². The Hall–Kier alpha value is -0.990. The minimum absolute atomic E-state index is 0.482. The molecule has 0 saturated carbocycles. The van der Waals surface area contributed by atoms with Crippen LogP contribution < -0.4 is 5.32 Å². The highest BCUT2D eigenvalue weighted by Gasteiger charge is 2.23. The maximum absolute atomic E-state index is 6.11. The first-order valence-electron chi connectivity index (χ1n) is 6.33. The molecule has 90 valence electrons. The number of hydrogen-bond donors (Lipinski definition) is 2. The van der Waals surface area contributed by atoms with E-state index in [1.54, 1.807) is 0 Å². The number of benzene rings is 1. The molecule has 1 aliphatic rings. The lowest BCUT2D eigenvalue weighted by Crippen LogP contribution is -2.24. The fourth-order valence-electron chi connectivity index (χ4n) is 2.91. The van der Waals surface area contributed by atoms with Crippen molar-refractivity contribution in [1.29, 1.82) is 0 Å². The summed E-state index contributed by atoms with van der Waals surface area (Å²) in [6, 6.07) is 6.60. The number of fused-ring (bicyclic) bond motifs is 3. The largest absolute Gasteiger partial charge is 0.358 e. The fourth-order valence-corrected chi connectivity index (χ4v) is 3.09. The van der Waals surface area contributed by atoms with Crippen LogP contribution in [0.1, 0.15) is 37.1 Å². The van der Waals surface area contributed by atoms with Crippen molar-refractivity contribution >= 4 is 22.5 Å². The van der Waals surface area contributed by atoms with Crippen LogP contribution in [-0.4, -0.2) is 11.5 Å². The second kappa shape index (κ2) is 4.35. The van der Waals surface area contributed by atoms with Crippen LogP contribution in [0.2, 0.25) is 5.02 Å². The molecule has 0 aliphatic heterocycles. The first kappa shape index (κ1) is 11.1. The van der Waals surface area contributed by atoms with Gasteiger partial charge in [-0.05, 0) is 49.6 Å². The molecule has 0 bridgehead atoms. The molecule has 0 amide bonds. The van der Waals surface area contributed by atoms with E-state index in [0.717, 1.165) is 18.0 Å². The van der Waals surface area contributed by atoms with Crippen LogP contribution in [0.4, 0.5) is 0 Å². The second-order valence-corrected chi connectivity index (χ2v) is 5.15. The van der Waals surface area contributed by atoms with Crippen LogP contribution in [0, 0.1) is 0 Å². The summed E-state index contributed by atoms with van der Waals surface area (Å²) in [6.07, 6.45) is 3.63. The van der Waals surface area contributed by atoms with Gasteiger partial charge in [0.2, 0.25) is 0 Å². The zero-order valence-corrected chi connectivity index (χ0v) is 10.8. The summed E-state index contributed by atoms with van der Waals surface area (Å²) in [4.78, 5) is 3.53. The van der Waals surface area contributed by atoms with Gasteiger partial charge in [-0.1, -0.05) is 18.5 Å². The van der Waals surface area contributed by atoms with E-state index in [0.29, 0.717) is 6.04 Å². The molecule has 2 aromatic rings. The van der Waals surface area contributed by atoms with Gasteiger partial charge in [0.1, 0.15) is 0 Å². The van der Waals surface area contributed by atoms with Gasteiger partial charge in [0.25, 0.3) is 0 Å². The Bertz CT molecular complexity index is 544. The molecule has 3 rings (SSSR count). The van der Waals surface area contributed by atoms with Crippen molar-refractivity contribution in [1.82, 2.24) is 10.3 Å². The maximum Gasteiger partial charge on any atom is 0.0460 e. The van der Waals surface area contributed by atoms with Gasteiger partial charge in [-0.2, -0.15) is 0 Å². The van der Waals surface area contributed by atoms with Crippen molar-refractivity contribution < 1.29 is 0 Å². The molecule has 2 nitrogen and oxygen atoms in total. The Morgan fingerprint density at radius 3 is 3.18 bits per heavy atom. The van der Waals surface area contributed by atoms with Gasteiger partial charge in [0.05, 0.1) is 0 Å². The standard InChI is InChI=1S/C14H17ClN2/c1-2-16-12-4-3-5-13-14(12)10-8-9(15)6-7-11(10)17-13/h6-8,12,16-17H,2-5H2,1H3. The number of aryl methyl sites for hydroxylation is 1. The summed E-state index contributed by atoms with van der Waals surface area (Å²) in [6.45, 7) is 3.17. The van der Waals surface area contributed by atoms with Gasteiger partial charge in [0.15, 0.2) is 0 Å². The van der Waals surface area contributed by atoms with Gasteiger partial charge in [-0.3, -0.25) is 0 Å². The third-order valence-corrected chi connectivity index (χ3v) is 3.84. The summed E-state index contributed by atoms with van der Waals surface area (Å²) in [5.74, 6) is 0. The molecule has 1 aromatic heterocycles. The lowest BCUT2D eigenvalue weighted by Gasteiger charge is -2.23. The molecule has 1 heterocycles. The Morgan fingerprint density at radius 2 is 2.35 bits per heavy atom. The third kappa shape index (κ3) is 1.85. The van der Waals surface area contributed by atoms with Gasteiger partial charge in [0, 0.05) is 27.7 Å². The maximum atomic E-state index is 6.11. The number of aromatic nitrogens is 1. The summed E-state index contributed by atoms with van der Waals surface area (Å²) < 4.78 is 0. The Labute approximate surface area is 106 Å². The van der Waals surface area contributed by atoms with Crippen molar-refractivity contribution in [3.63, 3.8) is 0 Å². The van der Waals surface area contributed by atoms with Crippen LogP contribution in [0.3, 0.4) is 0 Å². The number of hydrogen-bond acceptors (Lipinski definition) is 1. The average molecular weight is 249 g/mol. The molecule has 1 aromatic carbocycles. The Kier molecular flexibility index (Phi) is 2.85. The molecule has 2 N–H and O–H groups in total. The van der Waals surface area contributed by atoms with E-state index in [2.05, 4.69) is 29.4 Å². The normalized spacial score (nSPS) is 19.5. The van der Waals surface area contributed by atoms with Gasteiger partial charge in [-0.15, -0.1) is 0 Å². The molecule has 0 fully saturated rings. The highest BCUT2D eigenvalue weighted by molar-refractivity contribution is 6.31. The average Bonchev–Trinajstić information content (AvgIpc) is 2.68. The summed E-state index contributed by atoms with van der Waals surface area (Å²) >= 11 is 6.11. The third-order valence-electron chi connectivity index (χ3n) is 3.60. The Morgan fingerprint density at radius 1 is 1.47 bits per heavy atom. The number of H-pyrrole nitrogens is 1. The van der Waals surface area contributed by atoms with Crippen molar-refractivity contribution in [3.8, 4) is 0 Å². The molecule has 0 saturated heterocycles. The van der Waals surface area contributed by atoms with E-state index in [1.807, 2.05) is 6.07 Å². The predicted molar refractivity (Wildman–Crippen MR) is 72.7 cm³/mol.